The molecule has 2 N–H and O–H groups in total. The Morgan fingerprint density at radius 1 is 1.14 bits per heavy atom. The Hall–Kier alpha value is -0.340. The van der Waals surface area contributed by atoms with Crippen molar-refractivity contribution in [2.45, 2.75) is 59.0 Å². The Bertz CT molecular complexity index is 103. The first-order chi connectivity index (χ1) is 6.68. The lowest BCUT2D eigenvalue weighted by molar-refractivity contribution is 0.244. The molecule has 0 aromatic heterocycles. The van der Waals surface area contributed by atoms with E-state index in [9.17, 15) is 0 Å². The van der Waals surface area contributed by atoms with Gasteiger partial charge in [-0.1, -0.05) is 44.8 Å². The highest BCUT2D eigenvalue weighted by molar-refractivity contribution is 4.81. The first kappa shape index (κ1) is 16.1. The summed E-state index contributed by atoms with van der Waals surface area (Å²) in [6.07, 6.45) is 9.34. The summed E-state index contributed by atoms with van der Waals surface area (Å²) in [4.78, 5) is 0. The molecule has 0 heterocycles. The van der Waals surface area contributed by atoms with E-state index in [1.807, 2.05) is 13.0 Å². The molecule has 0 spiro atoms. The largest absolute Gasteiger partial charge is 0.396 e. The van der Waals surface area contributed by atoms with Crippen molar-refractivity contribution >= 4 is 0 Å². The van der Waals surface area contributed by atoms with Gasteiger partial charge in [0, 0.05) is 6.61 Å². The van der Waals surface area contributed by atoms with E-state index >= 15 is 0 Å². The summed E-state index contributed by atoms with van der Waals surface area (Å²) in [6, 6.07) is 0. The van der Waals surface area contributed by atoms with Crippen LogP contribution in [-0.4, -0.2) is 22.9 Å². The summed E-state index contributed by atoms with van der Waals surface area (Å²) in [5.74, 6) is 0. The van der Waals surface area contributed by atoms with Gasteiger partial charge in [-0.3, -0.25) is 0 Å². The van der Waals surface area contributed by atoms with Crippen molar-refractivity contribution in [3.05, 3.63) is 12.2 Å². The van der Waals surface area contributed by atoms with Crippen molar-refractivity contribution in [1.82, 2.24) is 0 Å². The molecular weight excluding hydrogens is 176 g/mol. The van der Waals surface area contributed by atoms with E-state index < -0.39 is 0 Å². The van der Waals surface area contributed by atoms with Gasteiger partial charge in [0.25, 0.3) is 0 Å². The standard InChI is InChI=1S/C7H16O.C5H10O/c1-2-3-4-5-6-7-8;1-3-4-5(2)6/h8H,2-7H2,1H3;3-6H,1-2H3. The van der Waals surface area contributed by atoms with E-state index in [0.717, 1.165) is 6.42 Å². The minimum absolute atomic E-state index is 0.282. The molecule has 0 aromatic rings. The van der Waals surface area contributed by atoms with E-state index in [0.29, 0.717) is 6.61 Å². The van der Waals surface area contributed by atoms with Crippen LogP contribution < -0.4 is 0 Å². The van der Waals surface area contributed by atoms with Crippen molar-refractivity contribution in [1.29, 1.82) is 0 Å². The molecule has 0 radical (unpaired) electrons. The maximum absolute atomic E-state index is 8.47. The van der Waals surface area contributed by atoms with Gasteiger partial charge in [0.05, 0.1) is 6.10 Å². The van der Waals surface area contributed by atoms with Crippen molar-refractivity contribution < 1.29 is 10.2 Å². The van der Waals surface area contributed by atoms with Gasteiger partial charge >= 0.3 is 0 Å². The smallest absolute Gasteiger partial charge is 0.0692 e. The maximum Gasteiger partial charge on any atom is 0.0692 e. The molecule has 0 saturated heterocycles. The van der Waals surface area contributed by atoms with Gasteiger partial charge in [0.2, 0.25) is 0 Å². The Morgan fingerprint density at radius 3 is 2.00 bits per heavy atom. The van der Waals surface area contributed by atoms with Crippen molar-refractivity contribution in [3.63, 3.8) is 0 Å². The van der Waals surface area contributed by atoms with Gasteiger partial charge in [-0.05, 0) is 20.3 Å². The quantitative estimate of drug-likeness (QED) is 0.513. The number of unbranched alkanes of at least 4 members (excludes halogenated alkanes) is 4. The lowest BCUT2D eigenvalue weighted by Gasteiger charge is -1.93. The number of hydrogen-bond donors (Lipinski definition) is 2. The van der Waals surface area contributed by atoms with Crippen molar-refractivity contribution in [2.75, 3.05) is 6.61 Å². The average molecular weight is 202 g/mol. The SMILES string of the molecule is CC=CC(C)O.CCCCCCCO. The molecule has 1 atom stereocenters. The second-order valence-electron chi connectivity index (χ2n) is 3.40. The fourth-order valence-corrected chi connectivity index (χ4v) is 0.994. The van der Waals surface area contributed by atoms with Crippen LogP contribution in [0.4, 0.5) is 0 Å². The normalized spacial score (nSPS) is 12.4. The molecule has 1 unspecified atom stereocenters. The van der Waals surface area contributed by atoms with Crippen LogP contribution in [0.3, 0.4) is 0 Å². The molecule has 0 aliphatic heterocycles. The number of hydrogen-bond acceptors (Lipinski definition) is 2. The Morgan fingerprint density at radius 2 is 1.71 bits per heavy atom. The molecule has 0 fully saturated rings. The Labute approximate surface area is 88.7 Å². The maximum atomic E-state index is 8.47. The molecule has 0 rings (SSSR count). The minimum atomic E-state index is -0.282. The molecule has 0 saturated carbocycles. The summed E-state index contributed by atoms with van der Waals surface area (Å²) < 4.78 is 0. The highest BCUT2D eigenvalue weighted by Crippen LogP contribution is 2.00. The topological polar surface area (TPSA) is 40.5 Å². The second-order valence-corrected chi connectivity index (χ2v) is 3.40. The number of aliphatic hydroxyl groups excluding tert-OH is 2. The summed E-state index contributed by atoms with van der Waals surface area (Å²) in [7, 11) is 0. The zero-order valence-electron chi connectivity index (χ0n) is 9.87. The van der Waals surface area contributed by atoms with E-state index in [4.69, 9.17) is 10.2 Å². The van der Waals surface area contributed by atoms with Crippen LogP contribution in [0.2, 0.25) is 0 Å². The highest BCUT2D eigenvalue weighted by atomic mass is 16.3. The van der Waals surface area contributed by atoms with E-state index in [-0.39, 0.29) is 6.10 Å². The summed E-state index contributed by atoms with van der Waals surface area (Å²) in [5.41, 5.74) is 0. The van der Waals surface area contributed by atoms with Crippen LogP contribution in [0.15, 0.2) is 12.2 Å². The van der Waals surface area contributed by atoms with Gasteiger partial charge in [0.1, 0.15) is 0 Å². The van der Waals surface area contributed by atoms with Crippen LogP contribution in [0.5, 0.6) is 0 Å². The molecule has 0 aromatic carbocycles. The number of rotatable bonds is 6. The van der Waals surface area contributed by atoms with E-state index in [2.05, 4.69) is 6.92 Å². The average Bonchev–Trinajstić information content (AvgIpc) is 2.13. The predicted molar refractivity (Wildman–Crippen MR) is 62.3 cm³/mol. The third-order valence-electron chi connectivity index (χ3n) is 1.73. The van der Waals surface area contributed by atoms with Gasteiger partial charge in [-0.25, -0.2) is 0 Å². The van der Waals surface area contributed by atoms with Gasteiger partial charge in [-0.2, -0.15) is 0 Å². The van der Waals surface area contributed by atoms with E-state index in [1.54, 1.807) is 13.0 Å². The Balaban J connectivity index is 0. The predicted octanol–water partition coefficient (Wildman–Crippen LogP) is 2.89. The first-order valence-corrected chi connectivity index (χ1v) is 5.60. The van der Waals surface area contributed by atoms with Crippen LogP contribution in [0.1, 0.15) is 52.9 Å². The molecule has 0 aliphatic rings. The van der Waals surface area contributed by atoms with Gasteiger partial charge in [0.15, 0.2) is 0 Å². The van der Waals surface area contributed by atoms with Gasteiger partial charge in [-0.15, -0.1) is 0 Å². The zero-order chi connectivity index (χ0) is 11.2. The third kappa shape index (κ3) is 22.6. The molecular formula is C12H26O2. The fourth-order valence-electron chi connectivity index (χ4n) is 0.994. The monoisotopic (exact) mass is 202 g/mol. The second kappa shape index (κ2) is 15.1. The molecule has 2 heteroatoms. The lowest BCUT2D eigenvalue weighted by atomic mass is 10.2. The molecule has 0 amide bonds. The van der Waals surface area contributed by atoms with Gasteiger partial charge < -0.3 is 10.2 Å². The minimum Gasteiger partial charge on any atom is -0.396 e. The van der Waals surface area contributed by atoms with Crippen molar-refractivity contribution in [2.24, 2.45) is 0 Å². The molecule has 86 valence electrons. The molecule has 0 aliphatic carbocycles. The highest BCUT2D eigenvalue weighted by Gasteiger charge is 1.84. The summed E-state index contributed by atoms with van der Waals surface area (Å²) in [5, 5.41) is 16.8. The fraction of sp³-hybridized carbons (Fsp3) is 0.833. The first-order valence-electron chi connectivity index (χ1n) is 5.60. The summed E-state index contributed by atoms with van der Waals surface area (Å²) >= 11 is 0. The van der Waals surface area contributed by atoms with Crippen LogP contribution >= 0.6 is 0 Å². The van der Waals surface area contributed by atoms with Crippen LogP contribution in [0, 0.1) is 0 Å². The van der Waals surface area contributed by atoms with Crippen LogP contribution in [-0.2, 0) is 0 Å². The molecule has 0 bridgehead atoms. The van der Waals surface area contributed by atoms with Crippen LogP contribution in [0.25, 0.3) is 0 Å². The van der Waals surface area contributed by atoms with Crippen molar-refractivity contribution in [3.8, 4) is 0 Å². The zero-order valence-corrected chi connectivity index (χ0v) is 9.87. The summed E-state index contributed by atoms with van der Waals surface area (Å²) in [6.45, 7) is 6.16. The number of allylic oxidation sites excluding steroid dienone is 1. The Kier molecular flexibility index (Phi) is 17.4. The molecule has 14 heavy (non-hydrogen) atoms. The van der Waals surface area contributed by atoms with E-state index in [1.165, 1.54) is 25.7 Å². The number of aliphatic hydroxyl groups is 2. The lowest BCUT2D eigenvalue weighted by Crippen LogP contribution is -1.89. The molecule has 2 nitrogen and oxygen atoms in total. The third-order valence-corrected chi connectivity index (χ3v) is 1.73.